The van der Waals surface area contributed by atoms with E-state index in [2.05, 4.69) is 19.8 Å². The first-order valence-electron chi connectivity index (χ1n) is 8.57. The summed E-state index contributed by atoms with van der Waals surface area (Å²) in [5.74, 6) is -8.19. The minimum atomic E-state index is -5.32. The van der Waals surface area contributed by atoms with Gasteiger partial charge in [-0.25, -0.2) is 18.8 Å². The third-order valence-electron chi connectivity index (χ3n) is 3.74. The van der Waals surface area contributed by atoms with Crippen molar-refractivity contribution in [2.45, 2.75) is 12.5 Å². The van der Waals surface area contributed by atoms with E-state index in [1.807, 2.05) is 0 Å². The SMILES string of the molecule is O=C(N=c1ccn(O)nc1)c1c(Oc2ccc(OC(F)(F)F)c(F)c2)cnc(C(F)(F)F)c1F. The van der Waals surface area contributed by atoms with Gasteiger partial charge in [0, 0.05) is 6.07 Å². The lowest BCUT2D eigenvalue weighted by atomic mass is 10.1. The fourth-order valence-electron chi connectivity index (χ4n) is 2.41. The van der Waals surface area contributed by atoms with Gasteiger partial charge in [0.2, 0.25) is 0 Å². The smallest absolute Gasteiger partial charge is 0.455 e. The van der Waals surface area contributed by atoms with Crippen LogP contribution in [0.2, 0.25) is 0 Å². The first-order valence-corrected chi connectivity index (χ1v) is 8.57. The maximum atomic E-state index is 14.7. The van der Waals surface area contributed by atoms with Crippen LogP contribution in [0.1, 0.15) is 16.1 Å². The number of ether oxygens (including phenoxy) is 2. The Morgan fingerprint density at radius 3 is 2.29 bits per heavy atom. The maximum absolute atomic E-state index is 14.7. The summed E-state index contributed by atoms with van der Waals surface area (Å²) in [4.78, 5) is 19.0. The first-order chi connectivity index (χ1) is 15.7. The second-order valence-corrected chi connectivity index (χ2v) is 6.12. The van der Waals surface area contributed by atoms with Crippen molar-refractivity contribution >= 4 is 5.91 Å². The zero-order valence-corrected chi connectivity index (χ0v) is 16.0. The molecule has 8 nitrogen and oxygen atoms in total. The van der Waals surface area contributed by atoms with Crippen LogP contribution in [0, 0.1) is 11.6 Å². The Kier molecular flexibility index (Phi) is 6.42. The summed E-state index contributed by atoms with van der Waals surface area (Å²) in [5, 5.41) is 12.1. The summed E-state index contributed by atoms with van der Waals surface area (Å²) in [6.07, 6.45) is -8.51. The molecule has 0 fully saturated rings. The van der Waals surface area contributed by atoms with Crippen LogP contribution in [-0.2, 0) is 6.18 Å². The van der Waals surface area contributed by atoms with Crippen molar-refractivity contribution in [3.8, 4) is 17.2 Å². The van der Waals surface area contributed by atoms with Gasteiger partial charge < -0.3 is 14.7 Å². The zero-order valence-electron chi connectivity index (χ0n) is 16.0. The molecule has 0 atom stereocenters. The van der Waals surface area contributed by atoms with Crippen LogP contribution in [-0.4, -0.2) is 32.4 Å². The lowest BCUT2D eigenvalue weighted by Crippen LogP contribution is -2.18. The molecule has 2 heterocycles. The number of carbonyl (C=O) groups excluding carboxylic acids is 1. The molecule has 180 valence electrons. The second kappa shape index (κ2) is 8.95. The molecular weight excluding hydrogens is 488 g/mol. The molecule has 34 heavy (non-hydrogen) atoms. The van der Waals surface area contributed by atoms with Crippen LogP contribution in [0.15, 0.2) is 47.8 Å². The number of hydrogen-bond donors (Lipinski definition) is 1. The molecule has 3 aromatic rings. The summed E-state index contributed by atoms with van der Waals surface area (Å²) in [5.41, 5.74) is -3.45. The van der Waals surface area contributed by atoms with E-state index in [1.54, 1.807) is 0 Å². The Balaban J connectivity index is 2.06. The zero-order chi connectivity index (χ0) is 25.3. The Labute approximate surface area is 182 Å². The number of aromatic nitrogens is 3. The molecule has 2 aromatic heterocycles. The number of carbonyl (C=O) groups is 1. The van der Waals surface area contributed by atoms with Crippen molar-refractivity contribution < 1.29 is 54.6 Å². The molecule has 0 unspecified atom stereocenters. The highest BCUT2D eigenvalue weighted by Gasteiger charge is 2.39. The molecule has 16 heteroatoms. The number of halogens is 8. The number of hydrogen-bond acceptors (Lipinski definition) is 6. The molecule has 0 radical (unpaired) electrons. The molecule has 0 aliphatic rings. The summed E-state index contributed by atoms with van der Waals surface area (Å²) in [7, 11) is 0. The first kappa shape index (κ1) is 24.4. The van der Waals surface area contributed by atoms with Gasteiger partial charge in [0.1, 0.15) is 11.3 Å². The van der Waals surface area contributed by atoms with Crippen molar-refractivity contribution in [1.29, 1.82) is 0 Å². The number of amides is 1. The van der Waals surface area contributed by atoms with Gasteiger partial charge in [-0.15, -0.1) is 23.1 Å². The molecule has 0 spiro atoms. The molecule has 1 amide bonds. The predicted molar refractivity (Wildman–Crippen MR) is 91.7 cm³/mol. The third kappa shape index (κ3) is 5.76. The minimum absolute atomic E-state index is 0.300. The molecular formula is C18H8F8N4O4. The number of benzene rings is 1. The highest BCUT2D eigenvalue weighted by Crippen LogP contribution is 2.36. The highest BCUT2D eigenvalue weighted by molar-refractivity contribution is 5.98. The largest absolute Gasteiger partial charge is 0.573 e. The second-order valence-electron chi connectivity index (χ2n) is 6.12. The van der Waals surface area contributed by atoms with E-state index in [0.29, 0.717) is 29.2 Å². The lowest BCUT2D eigenvalue weighted by Gasteiger charge is -2.14. The molecule has 0 aliphatic heterocycles. The average molecular weight is 496 g/mol. The lowest BCUT2D eigenvalue weighted by molar-refractivity contribution is -0.275. The molecule has 0 saturated heterocycles. The van der Waals surface area contributed by atoms with E-state index < -0.39 is 58.6 Å². The molecule has 1 aromatic carbocycles. The van der Waals surface area contributed by atoms with Crippen LogP contribution in [0.4, 0.5) is 35.1 Å². The van der Waals surface area contributed by atoms with E-state index in [-0.39, 0.29) is 5.36 Å². The molecule has 1 N–H and O–H groups in total. The van der Waals surface area contributed by atoms with Crippen molar-refractivity contribution in [2.75, 3.05) is 0 Å². The maximum Gasteiger partial charge on any atom is 0.573 e. The topological polar surface area (TPSA) is 98.8 Å². The normalized spacial score (nSPS) is 12.5. The minimum Gasteiger partial charge on any atom is -0.455 e. The standard InChI is InChI=1S/C18H8F8N4O4/c19-10-5-9(1-2-11(10)34-18(24,25)26)33-12-7-27-15(17(21,22)23)14(20)13(12)16(31)29-8-3-4-30(32)28-6-8/h1-7,32H. The Morgan fingerprint density at radius 2 is 1.74 bits per heavy atom. The van der Waals surface area contributed by atoms with Gasteiger partial charge in [0.15, 0.2) is 28.8 Å². The van der Waals surface area contributed by atoms with Crippen molar-refractivity contribution in [3.63, 3.8) is 0 Å². The number of alkyl halides is 6. The summed E-state index contributed by atoms with van der Waals surface area (Å²) >= 11 is 0. The fraction of sp³-hybridized carbons (Fsp3) is 0.111. The fourth-order valence-corrected chi connectivity index (χ4v) is 2.41. The van der Waals surface area contributed by atoms with Crippen LogP contribution in [0.5, 0.6) is 17.2 Å². The molecule has 0 aliphatic carbocycles. The van der Waals surface area contributed by atoms with Crippen molar-refractivity contribution in [2.24, 2.45) is 4.99 Å². The summed E-state index contributed by atoms with van der Waals surface area (Å²) in [6, 6.07) is 2.55. The molecule has 0 saturated carbocycles. The number of pyridine rings is 1. The monoisotopic (exact) mass is 496 g/mol. The van der Waals surface area contributed by atoms with E-state index in [4.69, 9.17) is 9.94 Å². The number of rotatable bonds is 4. The van der Waals surface area contributed by atoms with Crippen LogP contribution in [0.3, 0.4) is 0 Å². The van der Waals surface area contributed by atoms with Gasteiger partial charge >= 0.3 is 12.5 Å². The van der Waals surface area contributed by atoms with Gasteiger partial charge in [0.25, 0.3) is 5.91 Å². The summed E-state index contributed by atoms with van der Waals surface area (Å²) < 4.78 is 113. The van der Waals surface area contributed by atoms with Crippen molar-refractivity contribution in [1.82, 2.24) is 14.9 Å². The third-order valence-corrected chi connectivity index (χ3v) is 3.74. The van der Waals surface area contributed by atoms with Crippen LogP contribution < -0.4 is 14.8 Å². The van der Waals surface area contributed by atoms with Gasteiger partial charge in [-0.3, -0.25) is 4.79 Å². The quantitative estimate of drug-likeness (QED) is 0.429. The van der Waals surface area contributed by atoms with Crippen LogP contribution in [0.25, 0.3) is 0 Å². The van der Waals surface area contributed by atoms with Gasteiger partial charge in [-0.1, -0.05) is 0 Å². The van der Waals surface area contributed by atoms with E-state index in [0.717, 1.165) is 18.5 Å². The van der Waals surface area contributed by atoms with E-state index in [9.17, 15) is 39.9 Å². The predicted octanol–water partition coefficient (Wildman–Crippen LogP) is 4.24. The molecule has 0 bridgehead atoms. The Hall–Kier alpha value is -4.24. The van der Waals surface area contributed by atoms with Gasteiger partial charge in [-0.05, 0) is 18.2 Å². The summed E-state index contributed by atoms with van der Waals surface area (Å²) in [6.45, 7) is 0. The van der Waals surface area contributed by atoms with Crippen LogP contribution >= 0.6 is 0 Å². The number of nitrogens with zero attached hydrogens (tertiary/aromatic N) is 4. The highest BCUT2D eigenvalue weighted by atomic mass is 19.4. The molecule has 3 rings (SSSR count). The van der Waals surface area contributed by atoms with Gasteiger partial charge in [-0.2, -0.15) is 13.2 Å². The Morgan fingerprint density at radius 1 is 1.03 bits per heavy atom. The van der Waals surface area contributed by atoms with Gasteiger partial charge in [0.05, 0.1) is 23.9 Å². The van der Waals surface area contributed by atoms with E-state index >= 15 is 0 Å². The van der Waals surface area contributed by atoms with E-state index in [1.165, 1.54) is 0 Å². The van der Waals surface area contributed by atoms with Crippen molar-refractivity contribution in [3.05, 3.63) is 71.1 Å². The Bertz CT molecular complexity index is 1280. The average Bonchev–Trinajstić information content (AvgIpc) is 2.70.